The molecule has 5 heteroatoms. The third kappa shape index (κ3) is 4.48. The summed E-state index contributed by atoms with van der Waals surface area (Å²) < 4.78 is 11.7. The van der Waals surface area contributed by atoms with Gasteiger partial charge in [-0.2, -0.15) is 0 Å². The van der Waals surface area contributed by atoms with E-state index in [0.717, 1.165) is 0 Å². The van der Waals surface area contributed by atoms with Crippen LogP contribution in [-0.4, -0.2) is 22.1 Å². The molecule has 0 fully saturated rings. The van der Waals surface area contributed by atoms with E-state index in [-0.39, 0.29) is 6.42 Å². The van der Waals surface area contributed by atoms with Gasteiger partial charge in [0.25, 0.3) is 0 Å². The Bertz CT molecular complexity index is 107. The summed E-state index contributed by atoms with van der Waals surface area (Å²) in [5.41, 5.74) is -1.68. The van der Waals surface area contributed by atoms with Gasteiger partial charge in [-0.3, -0.25) is 4.79 Å². The van der Waals surface area contributed by atoms with Crippen molar-refractivity contribution >= 4 is 29.2 Å². The van der Waals surface area contributed by atoms with Crippen LogP contribution in [0.3, 0.4) is 0 Å². The summed E-state index contributed by atoms with van der Waals surface area (Å²) >= 11 is 9.89. The van der Waals surface area contributed by atoms with Crippen molar-refractivity contribution in [3.63, 3.8) is 0 Å². The highest BCUT2D eigenvalue weighted by molar-refractivity contribution is 6.30. The van der Waals surface area contributed by atoms with Crippen LogP contribution in [0.2, 0.25) is 0 Å². The largest absolute Gasteiger partial charge is 0.480 e. The molecule has 2 nitrogen and oxygen atoms in total. The average Bonchev–Trinajstić information content (AvgIpc) is 1.63. The molecule has 0 aromatic carbocycles. The predicted molar refractivity (Wildman–Crippen MR) is 32.6 cm³/mol. The standard InChI is InChI=1S/C4H5Cl2FO2/c5-2(4(8)9)1-3(6)7/h2-3H,1H2,(H,8,9). The van der Waals surface area contributed by atoms with Gasteiger partial charge in [-0.1, -0.05) is 11.6 Å². The number of rotatable bonds is 3. The molecule has 0 amide bonds. The Balaban J connectivity index is 3.50. The van der Waals surface area contributed by atoms with E-state index in [4.69, 9.17) is 28.3 Å². The molecule has 0 aliphatic heterocycles. The molecule has 2 atom stereocenters. The third-order valence-corrected chi connectivity index (χ3v) is 1.20. The van der Waals surface area contributed by atoms with Gasteiger partial charge in [0.1, 0.15) is 5.38 Å². The highest BCUT2D eigenvalue weighted by Gasteiger charge is 2.17. The molecule has 9 heavy (non-hydrogen) atoms. The van der Waals surface area contributed by atoms with Crippen LogP contribution >= 0.6 is 23.2 Å². The number of aliphatic carboxylic acids is 1. The van der Waals surface area contributed by atoms with Gasteiger partial charge in [-0.15, -0.1) is 11.6 Å². The number of halogens is 3. The van der Waals surface area contributed by atoms with E-state index in [1.807, 2.05) is 0 Å². The summed E-state index contributed by atoms with van der Waals surface area (Å²) in [4.78, 5) is 9.88. The highest BCUT2D eigenvalue weighted by Crippen LogP contribution is 2.11. The lowest BCUT2D eigenvalue weighted by Crippen LogP contribution is -2.15. The number of carbonyl (C=O) groups is 1. The SMILES string of the molecule is O=C(O)C(Cl)CC(F)Cl. The van der Waals surface area contributed by atoms with E-state index in [1.165, 1.54) is 0 Å². The van der Waals surface area contributed by atoms with Crippen molar-refractivity contribution in [3.8, 4) is 0 Å². The molecule has 0 aromatic rings. The zero-order valence-corrected chi connectivity index (χ0v) is 5.86. The van der Waals surface area contributed by atoms with Crippen LogP contribution in [0.4, 0.5) is 4.39 Å². The van der Waals surface area contributed by atoms with Gasteiger partial charge in [0.05, 0.1) is 0 Å². The second kappa shape index (κ2) is 3.90. The maximum absolute atomic E-state index is 11.7. The summed E-state index contributed by atoms with van der Waals surface area (Å²) in [6.07, 6.45) is -0.363. The molecule has 0 saturated heterocycles. The van der Waals surface area contributed by atoms with Crippen LogP contribution in [0.1, 0.15) is 6.42 Å². The molecule has 0 radical (unpaired) electrons. The minimum atomic E-state index is -1.68. The lowest BCUT2D eigenvalue weighted by atomic mass is 10.3. The Hall–Kier alpha value is -0.0200. The number of carboxylic acids is 1. The van der Waals surface area contributed by atoms with E-state index in [1.54, 1.807) is 0 Å². The topological polar surface area (TPSA) is 37.3 Å². The summed E-state index contributed by atoms with van der Waals surface area (Å²) in [6, 6.07) is 0. The quantitative estimate of drug-likeness (QED) is 0.661. The van der Waals surface area contributed by atoms with E-state index in [0.29, 0.717) is 0 Å². The monoisotopic (exact) mass is 174 g/mol. The normalized spacial score (nSPS) is 16.8. The Morgan fingerprint density at radius 1 is 1.67 bits per heavy atom. The van der Waals surface area contributed by atoms with Crippen LogP contribution in [0.15, 0.2) is 0 Å². The summed E-state index contributed by atoms with van der Waals surface area (Å²) in [5.74, 6) is -1.25. The van der Waals surface area contributed by atoms with E-state index >= 15 is 0 Å². The van der Waals surface area contributed by atoms with Crippen molar-refractivity contribution in [2.24, 2.45) is 0 Å². The Morgan fingerprint density at radius 2 is 2.11 bits per heavy atom. The number of hydrogen-bond donors (Lipinski definition) is 1. The minimum absolute atomic E-state index is 0.363. The molecule has 54 valence electrons. The van der Waals surface area contributed by atoms with Crippen LogP contribution in [0.25, 0.3) is 0 Å². The Morgan fingerprint density at radius 3 is 2.22 bits per heavy atom. The minimum Gasteiger partial charge on any atom is -0.480 e. The third-order valence-electron chi connectivity index (χ3n) is 0.653. The van der Waals surface area contributed by atoms with Crippen LogP contribution in [0.5, 0.6) is 0 Å². The van der Waals surface area contributed by atoms with Gasteiger partial charge in [-0.25, -0.2) is 4.39 Å². The number of hydrogen-bond acceptors (Lipinski definition) is 1. The zero-order chi connectivity index (χ0) is 7.44. The van der Waals surface area contributed by atoms with Crippen LogP contribution in [0, 0.1) is 0 Å². The van der Waals surface area contributed by atoms with Crippen molar-refractivity contribution in [1.29, 1.82) is 0 Å². The maximum Gasteiger partial charge on any atom is 0.321 e. The van der Waals surface area contributed by atoms with Gasteiger partial charge in [0.15, 0.2) is 5.63 Å². The zero-order valence-electron chi connectivity index (χ0n) is 4.35. The first-order chi connectivity index (χ1) is 4.04. The van der Waals surface area contributed by atoms with Gasteiger partial charge < -0.3 is 5.11 Å². The van der Waals surface area contributed by atoms with Gasteiger partial charge in [-0.05, 0) is 0 Å². The lowest BCUT2D eigenvalue weighted by Gasteiger charge is -2.01. The first-order valence-electron chi connectivity index (χ1n) is 2.19. The van der Waals surface area contributed by atoms with E-state index < -0.39 is 17.0 Å². The summed E-state index contributed by atoms with van der Waals surface area (Å²) in [5, 5.41) is 6.85. The first-order valence-corrected chi connectivity index (χ1v) is 3.06. The predicted octanol–water partition coefficient (Wildman–Crippen LogP) is 1.60. The smallest absolute Gasteiger partial charge is 0.321 e. The van der Waals surface area contributed by atoms with Crippen molar-refractivity contribution in [2.75, 3.05) is 0 Å². The van der Waals surface area contributed by atoms with Crippen molar-refractivity contribution < 1.29 is 14.3 Å². The molecule has 0 saturated carbocycles. The van der Waals surface area contributed by atoms with Crippen LogP contribution < -0.4 is 0 Å². The van der Waals surface area contributed by atoms with E-state index in [2.05, 4.69) is 0 Å². The molecule has 0 aliphatic carbocycles. The molecule has 0 rings (SSSR count). The molecule has 0 aliphatic rings. The fraction of sp³-hybridized carbons (Fsp3) is 0.750. The van der Waals surface area contributed by atoms with Crippen LogP contribution in [-0.2, 0) is 4.79 Å². The summed E-state index contributed by atoms with van der Waals surface area (Å²) in [6.45, 7) is 0. The van der Waals surface area contributed by atoms with Crippen molar-refractivity contribution in [2.45, 2.75) is 17.4 Å². The molecule has 0 bridgehead atoms. The Labute approximate surface area is 61.6 Å². The van der Waals surface area contributed by atoms with E-state index in [9.17, 15) is 9.18 Å². The Kier molecular flexibility index (Phi) is 3.89. The lowest BCUT2D eigenvalue weighted by molar-refractivity contribution is -0.136. The second-order valence-electron chi connectivity index (χ2n) is 1.43. The number of carboxylic acid groups (broad SMARTS) is 1. The van der Waals surface area contributed by atoms with Gasteiger partial charge >= 0.3 is 5.97 Å². The molecule has 1 N–H and O–H groups in total. The molecular weight excluding hydrogens is 170 g/mol. The van der Waals surface area contributed by atoms with Crippen molar-refractivity contribution in [3.05, 3.63) is 0 Å². The van der Waals surface area contributed by atoms with Crippen molar-refractivity contribution in [1.82, 2.24) is 0 Å². The summed E-state index contributed by atoms with van der Waals surface area (Å²) in [7, 11) is 0. The highest BCUT2D eigenvalue weighted by atomic mass is 35.5. The molecule has 0 spiro atoms. The van der Waals surface area contributed by atoms with Gasteiger partial charge in [0.2, 0.25) is 0 Å². The molecule has 0 heterocycles. The molecular formula is C4H5Cl2FO2. The fourth-order valence-corrected chi connectivity index (χ4v) is 0.683. The average molecular weight is 175 g/mol. The first kappa shape index (κ1) is 8.98. The molecule has 0 aromatic heterocycles. The number of alkyl halides is 3. The maximum atomic E-state index is 11.7. The fourth-order valence-electron chi connectivity index (χ4n) is 0.257. The second-order valence-corrected chi connectivity index (χ2v) is 2.43. The van der Waals surface area contributed by atoms with Gasteiger partial charge in [0, 0.05) is 6.42 Å². The molecule has 2 unspecified atom stereocenters.